The summed E-state index contributed by atoms with van der Waals surface area (Å²) in [6.07, 6.45) is 1.19. The zero-order valence-corrected chi connectivity index (χ0v) is 20.2. The van der Waals surface area contributed by atoms with Gasteiger partial charge in [-0.25, -0.2) is 0 Å². The zero-order valence-electron chi connectivity index (χ0n) is 20.2. The monoisotopic (exact) mass is 460 g/mol. The molecule has 34 heavy (non-hydrogen) atoms. The number of amides is 2. The van der Waals surface area contributed by atoms with E-state index in [1.165, 1.54) is 0 Å². The lowest BCUT2D eigenvalue weighted by molar-refractivity contribution is 0.0883. The second-order valence-electron chi connectivity index (χ2n) is 8.23. The van der Waals surface area contributed by atoms with Crippen molar-refractivity contribution in [3.05, 3.63) is 94.5 Å². The van der Waals surface area contributed by atoms with E-state index in [1.807, 2.05) is 44.2 Å². The predicted molar refractivity (Wildman–Crippen MR) is 133 cm³/mol. The molecule has 6 nitrogen and oxygen atoms in total. The molecule has 0 atom stereocenters. The molecule has 0 radical (unpaired) electrons. The molecular formula is C28H32N2O4. The van der Waals surface area contributed by atoms with E-state index in [-0.39, 0.29) is 11.8 Å². The minimum Gasteiger partial charge on any atom is -0.493 e. The number of aryl methyl sites for hydroxylation is 2. The first-order chi connectivity index (χ1) is 16.4. The van der Waals surface area contributed by atoms with Crippen LogP contribution in [0.15, 0.2) is 66.7 Å². The molecule has 0 saturated carbocycles. The topological polar surface area (TPSA) is 76.7 Å². The number of carbonyl (C=O) groups excluding carboxylic acids is 2. The third-order valence-electron chi connectivity index (χ3n) is 5.39. The molecule has 0 aliphatic rings. The minimum atomic E-state index is -0.778. The van der Waals surface area contributed by atoms with Crippen LogP contribution in [0.5, 0.6) is 11.5 Å². The summed E-state index contributed by atoms with van der Waals surface area (Å²) in [5.41, 5.74) is 3.65. The molecule has 0 heterocycles. The van der Waals surface area contributed by atoms with Crippen LogP contribution in [0, 0.1) is 13.8 Å². The maximum Gasteiger partial charge on any atom is 0.253 e. The van der Waals surface area contributed by atoms with Crippen molar-refractivity contribution in [1.29, 1.82) is 0 Å². The van der Waals surface area contributed by atoms with Gasteiger partial charge < -0.3 is 20.1 Å². The number of ether oxygens (including phenoxy) is 2. The van der Waals surface area contributed by atoms with E-state index in [4.69, 9.17) is 9.47 Å². The molecule has 3 aromatic rings. The van der Waals surface area contributed by atoms with E-state index in [2.05, 4.69) is 17.6 Å². The van der Waals surface area contributed by atoms with Crippen LogP contribution in [0.25, 0.3) is 0 Å². The summed E-state index contributed by atoms with van der Waals surface area (Å²) < 4.78 is 11.4. The normalized spacial score (nSPS) is 10.6. The van der Waals surface area contributed by atoms with Gasteiger partial charge in [-0.15, -0.1) is 0 Å². The van der Waals surface area contributed by atoms with Crippen molar-refractivity contribution in [1.82, 2.24) is 10.6 Å². The smallest absolute Gasteiger partial charge is 0.253 e. The summed E-state index contributed by atoms with van der Waals surface area (Å²) in [6, 6.07) is 20.0. The van der Waals surface area contributed by atoms with E-state index < -0.39 is 6.17 Å². The zero-order chi connectivity index (χ0) is 24.5. The number of nitrogens with one attached hydrogen (secondary N) is 2. The van der Waals surface area contributed by atoms with Gasteiger partial charge in [0.1, 0.15) is 6.17 Å². The van der Waals surface area contributed by atoms with Crippen LogP contribution in [-0.4, -0.2) is 25.5 Å². The Kier molecular flexibility index (Phi) is 8.68. The molecule has 0 fully saturated rings. The highest BCUT2D eigenvalue weighted by atomic mass is 16.5. The summed E-state index contributed by atoms with van der Waals surface area (Å²) in [5, 5.41) is 5.90. The van der Waals surface area contributed by atoms with Crippen LogP contribution >= 0.6 is 0 Å². The number of unbranched alkanes of at least 4 members (excludes halogenated alkanes) is 1. The van der Waals surface area contributed by atoms with Crippen molar-refractivity contribution < 1.29 is 19.1 Å². The van der Waals surface area contributed by atoms with Crippen LogP contribution in [0.1, 0.15) is 63.3 Å². The highest BCUT2D eigenvalue weighted by molar-refractivity contribution is 5.97. The molecule has 0 aromatic heterocycles. The van der Waals surface area contributed by atoms with E-state index >= 15 is 0 Å². The summed E-state index contributed by atoms with van der Waals surface area (Å²) >= 11 is 0. The fourth-order valence-corrected chi connectivity index (χ4v) is 3.51. The highest BCUT2D eigenvalue weighted by Crippen LogP contribution is 2.30. The van der Waals surface area contributed by atoms with Crippen molar-refractivity contribution in [3.8, 4) is 11.5 Å². The third-order valence-corrected chi connectivity index (χ3v) is 5.39. The quantitative estimate of drug-likeness (QED) is 0.316. The van der Waals surface area contributed by atoms with Gasteiger partial charge in [-0.3, -0.25) is 9.59 Å². The molecule has 0 aliphatic carbocycles. The first kappa shape index (κ1) is 24.8. The van der Waals surface area contributed by atoms with E-state index in [1.54, 1.807) is 43.5 Å². The number of methoxy groups -OCH3 is 1. The molecule has 0 saturated heterocycles. The number of carbonyl (C=O) groups is 2. The molecule has 3 rings (SSSR count). The van der Waals surface area contributed by atoms with Gasteiger partial charge in [-0.1, -0.05) is 54.8 Å². The Morgan fingerprint density at radius 3 is 1.91 bits per heavy atom. The second-order valence-corrected chi connectivity index (χ2v) is 8.23. The lowest BCUT2D eigenvalue weighted by Crippen LogP contribution is -2.41. The van der Waals surface area contributed by atoms with Crippen molar-refractivity contribution in [2.45, 2.75) is 39.8 Å². The van der Waals surface area contributed by atoms with Gasteiger partial charge in [-0.05, 0) is 62.2 Å². The Labute approximate surface area is 201 Å². The van der Waals surface area contributed by atoms with E-state index in [0.29, 0.717) is 34.8 Å². The van der Waals surface area contributed by atoms with Gasteiger partial charge in [0.2, 0.25) is 0 Å². The predicted octanol–water partition coefficient (Wildman–Crippen LogP) is 5.35. The molecule has 2 N–H and O–H groups in total. The number of hydrogen-bond donors (Lipinski definition) is 2. The molecular weight excluding hydrogens is 428 g/mol. The number of hydrogen-bond acceptors (Lipinski definition) is 4. The maximum atomic E-state index is 13.0. The Morgan fingerprint density at radius 1 is 0.824 bits per heavy atom. The SMILES string of the molecule is CCCCOc1ccc(C(NC(=O)c2cccc(C)c2)NC(=O)c2cccc(C)c2)cc1OC. The molecule has 2 amide bonds. The molecule has 0 unspecified atom stereocenters. The van der Waals surface area contributed by atoms with Crippen molar-refractivity contribution in [3.63, 3.8) is 0 Å². The fraction of sp³-hybridized carbons (Fsp3) is 0.286. The minimum absolute atomic E-state index is 0.291. The maximum absolute atomic E-state index is 13.0. The first-order valence-corrected chi connectivity index (χ1v) is 11.5. The third kappa shape index (κ3) is 6.61. The van der Waals surface area contributed by atoms with Crippen LogP contribution in [-0.2, 0) is 0 Å². The summed E-state index contributed by atoms with van der Waals surface area (Å²) in [5.74, 6) is 0.572. The lowest BCUT2D eigenvalue weighted by Gasteiger charge is -2.22. The molecule has 6 heteroatoms. The highest BCUT2D eigenvalue weighted by Gasteiger charge is 2.21. The van der Waals surface area contributed by atoms with Gasteiger partial charge in [0.05, 0.1) is 13.7 Å². The Morgan fingerprint density at radius 2 is 1.41 bits per heavy atom. The summed E-state index contributed by atoms with van der Waals surface area (Å²) in [7, 11) is 1.57. The average Bonchev–Trinajstić information content (AvgIpc) is 2.83. The van der Waals surface area contributed by atoms with Crippen LogP contribution in [0.3, 0.4) is 0 Å². The van der Waals surface area contributed by atoms with Gasteiger partial charge in [0.15, 0.2) is 11.5 Å². The van der Waals surface area contributed by atoms with Crippen LogP contribution in [0.2, 0.25) is 0 Å². The van der Waals surface area contributed by atoms with Gasteiger partial charge >= 0.3 is 0 Å². The summed E-state index contributed by atoms with van der Waals surface area (Å²) in [4.78, 5) is 26.1. The summed E-state index contributed by atoms with van der Waals surface area (Å²) in [6.45, 7) is 6.54. The van der Waals surface area contributed by atoms with E-state index in [9.17, 15) is 9.59 Å². The fourth-order valence-electron chi connectivity index (χ4n) is 3.51. The number of benzene rings is 3. The van der Waals surface area contributed by atoms with Crippen LogP contribution < -0.4 is 20.1 Å². The van der Waals surface area contributed by atoms with Crippen molar-refractivity contribution >= 4 is 11.8 Å². The molecule has 0 spiro atoms. The standard InChI is InChI=1S/C28H32N2O4/c1-5-6-15-34-24-14-13-21(18-25(24)33-4)26(29-27(31)22-11-7-9-19(2)16-22)30-28(32)23-12-8-10-20(3)17-23/h7-14,16-18,26H,5-6,15H2,1-4H3,(H,29,31)(H,30,32). The second kappa shape index (κ2) is 11.9. The van der Waals surface area contributed by atoms with Gasteiger partial charge in [-0.2, -0.15) is 0 Å². The average molecular weight is 461 g/mol. The lowest BCUT2D eigenvalue weighted by atomic mass is 10.1. The van der Waals surface area contributed by atoms with Gasteiger partial charge in [0.25, 0.3) is 11.8 Å². The Hall–Kier alpha value is -3.80. The van der Waals surface area contributed by atoms with Crippen molar-refractivity contribution in [2.24, 2.45) is 0 Å². The van der Waals surface area contributed by atoms with Gasteiger partial charge in [0, 0.05) is 11.1 Å². The molecule has 178 valence electrons. The van der Waals surface area contributed by atoms with Crippen LogP contribution in [0.4, 0.5) is 0 Å². The largest absolute Gasteiger partial charge is 0.493 e. The Bertz CT molecular complexity index is 1080. The Balaban J connectivity index is 1.90. The van der Waals surface area contributed by atoms with Crippen molar-refractivity contribution in [2.75, 3.05) is 13.7 Å². The molecule has 0 aliphatic heterocycles. The first-order valence-electron chi connectivity index (χ1n) is 11.5. The molecule has 0 bridgehead atoms. The molecule has 3 aromatic carbocycles. The number of rotatable bonds is 10. The van der Waals surface area contributed by atoms with E-state index in [0.717, 1.165) is 24.0 Å².